The molecule has 4 heterocycles. The lowest BCUT2D eigenvalue weighted by molar-refractivity contribution is 0.160. The van der Waals surface area contributed by atoms with Crippen LogP contribution in [-0.4, -0.2) is 56.4 Å². The Morgan fingerprint density at radius 2 is 2.11 bits per heavy atom. The number of aryl methyl sites for hydroxylation is 1. The van der Waals surface area contributed by atoms with Crippen molar-refractivity contribution in [3.05, 3.63) is 30.2 Å². The fourth-order valence-corrected chi connectivity index (χ4v) is 4.71. The van der Waals surface area contributed by atoms with E-state index >= 15 is 0 Å². The first-order valence-electron chi connectivity index (χ1n) is 10.1. The summed E-state index contributed by atoms with van der Waals surface area (Å²) >= 11 is 0. The number of aromatic nitrogens is 4. The van der Waals surface area contributed by atoms with Gasteiger partial charge in [0.1, 0.15) is 5.82 Å². The molecular formula is C20H26N8. The van der Waals surface area contributed by atoms with Crippen molar-refractivity contribution in [2.75, 3.05) is 29.9 Å². The molecule has 2 aliphatic heterocycles. The highest BCUT2D eigenvalue weighted by Crippen LogP contribution is 2.42. The maximum Gasteiger partial charge on any atom is 0.224 e. The smallest absolute Gasteiger partial charge is 0.224 e. The first-order chi connectivity index (χ1) is 13.7. The molecule has 0 radical (unpaired) electrons. The normalized spacial score (nSPS) is 28.9. The van der Waals surface area contributed by atoms with Crippen molar-refractivity contribution >= 4 is 11.8 Å². The van der Waals surface area contributed by atoms with E-state index in [9.17, 15) is 0 Å². The van der Waals surface area contributed by atoms with E-state index in [2.05, 4.69) is 31.3 Å². The number of anilines is 2. The third kappa shape index (κ3) is 3.42. The third-order valence-corrected chi connectivity index (χ3v) is 6.34. The van der Waals surface area contributed by atoms with Gasteiger partial charge in [-0.15, -0.1) is 0 Å². The molecule has 0 aromatic carbocycles. The fourth-order valence-electron chi connectivity index (χ4n) is 4.71. The molecule has 0 unspecified atom stereocenters. The van der Waals surface area contributed by atoms with Gasteiger partial charge in [0.05, 0.1) is 18.2 Å². The van der Waals surface area contributed by atoms with Crippen LogP contribution in [0.25, 0.3) is 0 Å². The molecule has 8 nitrogen and oxygen atoms in total. The summed E-state index contributed by atoms with van der Waals surface area (Å²) in [6, 6.07) is 5.61. The Bertz CT molecular complexity index is 872. The molecule has 1 aliphatic carbocycles. The van der Waals surface area contributed by atoms with Crippen molar-refractivity contribution in [1.29, 1.82) is 5.26 Å². The molecule has 146 valence electrons. The zero-order valence-corrected chi connectivity index (χ0v) is 16.2. The van der Waals surface area contributed by atoms with E-state index < -0.39 is 0 Å². The predicted molar refractivity (Wildman–Crippen MR) is 106 cm³/mol. The molecule has 1 N–H and O–H groups in total. The maximum atomic E-state index is 9.09. The molecule has 2 aromatic rings. The zero-order chi connectivity index (χ0) is 19.1. The van der Waals surface area contributed by atoms with E-state index in [-0.39, 0.29) is 0 Å². The van der Waals surface area contributed by atoms with E-state index in [0.717, 1.165) is 37.4 Å². The Labute approximate surface area is 165 Å². The molecule has 2 bridgehead atoms. The average molecular weight is 378 g/mol. The van der Waals surface area contributed by atoms with Crippen LogP contribution in [0, 0.1) is 23.2 Å². The summed E-state index contributed by atoms with van der Waals surface area (Å²) in [5, 5.41) is 16.6. The van der Waals surface area contributed by atoms with Crippen molar-refractivity contribution in [2.24, 2.45) is 18.9 Å². The highest BCUT2D eigenvalue weighted by atomic mass is 15.4. The van der Waals surface area contributed by atoms with Crippen LogP contribution in [0.1, 0.15) is 24.8 Å². The monoisotopic (exact) mass is 378 g/mol. The summed E-state index contributed by atoms with van der Waals surface area (Å²) in [6.45, 7) is 3.79. The topological polar surface area (TPSA) is 85.9 Å². The van der Waals surface area contributed by atoms with Crippen molar-refractivity contribution in [1.82, 2.24) is 24.6 Å². The maximum absolute atomic E-state index is 9.09. The second kappa shape index (κ2) is 7.06. The van der Waals surface area contributed by atoms with Crippen molar-refractivity contribution in [3.63, 3.8) is 0 Å². The van der Waals surface area contributed by atoms with E-state index in [1.807, 2.05) is 31.7 Å². The van der Waals surface area contributed by atoms with Crippen molar-refractivity contribution in [2.45, 2.75) is 37.9 Å². The Balaban J connectivity index is 1.22. The van der Waals surface area contributed by atoms with Crippen LogP contribution in [0.2, 0.25) is 0 Å². The van der Waals surface area contributed by atoms with Crippen LogP contribution in [0.5, 0.6) is 0 Å². The summed E-state index contributed by atoms with van der Waals surface area (Å²) < 4.78 is 1.80. The second-order valence-corrected chi connectivity index (χ2v) is 8.33. The molecular weight excluding hydrogens is 352 g/mol. The Kier molecular flexibility index (Phi) is 4.40. The molecule has 3 aliphatic rings. The highest BCUT2D eigenvalue weighted by Gasteiger charge is 2.45. The van der Waals surface area contributed by atoms with Gasteiger partial charge in [-0.05, 0) is 31.2 Å². The average Bonchev–Trinajstić information content (AvgIpc) is 3.28. The Hall–Kier alpha value is -2.66. The van der Waals surface area contributed by atoms with Crippen LogP contribution in [-0.2, 0) is 13.6 Å². The molecule has 28 heavy (non-hydrogen) atoms. The number of nitriles is 1. The number of piperazine rings is 1. The number of fused-ring (bicyclic) bond motifs is 2. The lowest BCUT2D eigenvalue weighted by atomic mass is 10.1. The van der Waals surface area contributed by atoms with Crippen LogP contribution in [0.15, 0.2) is 24.7 Å². The number of nitrogens with zero attached hydrogens (tertiary/aromatic N) is 7. The highest BCUT2D eigenvalue weighted by molar-refractivity contribution is 5.44. The van der Waals surface area contributed by atoms with E-state index in [4.69, 9.17) is 10.2 Å². The summed E-state index contributed by atoms with van der Waals surface area (Å²) in [4.78, 5) is 14.2. The largest absolute Gasteiger partial charge is 0.353 e. The fraction of sp³-hybridized carbons (Fsp3) is 0.600. The molecule has 0 spiro atoms. The second-order valence-electron chi connectivity index (χ2n) is 8.33. The Morgan fingerprint density at radius 1 is 1.29 bits per heavy atom. The van der Waals surface area contributed by atoms with Crippen molar-refractivity contribution in [3.8, 4) is 6.07 Å². The molecule has 1 saturated carbocycles. The van der Waals surface area contributed by atoms with Gasteiger partial charge in [-0.25, -0.2) is 4.98 Å². The minimum Gasteiger partial charge on any atom is -0.353 e. The van der Waals surface area contributed by atoms with Gasteiger partial charge in [0.2, 0.25) is 5.95 Å². The Morgan fingerprint density at radius 3 is 2.79 bits per heavy atom. The molecule has 2 saturated heterocycles. The van der Waals surface area contributed by atoms with Crippen LogP contribution in [0.4, 0.5) is 11.8 Å². The van der Waals surface area contributed by atoms with Gasteiger partial charge < -0.3 is 10.2 Å². The minimum absolute atomic E-state index is 0.299. The van der Waals surface area contributed by atoms with E-state index in [0.29, 0.717) is 36.4 Å². The third-order valence-electron chi connectivity index (χ3n) is 6.34. The van der Waals surface area contributed by atoms with E-state index in [1.54, 1.807) is 4.68 Å². The van der Waals surface area contributed by atoms with E-state index in [1.165, 1.54) is 12.8 Å². The van der Waals surface area contributed by atoms with Gasteiger partial charge in [-0.1, -0.05) is 0 Å². The summed E-state index contributed by atoms with van der Waals surface area (Å²) in [5.74, 6) is 2.56. The van der Waals surface area contributed by atoms with Gasteiger partial charge in [-0.3, -0.25) is 9.58 Å². The SMILES string of the molecule is Cn1cc(CNc2nccc(N3C[C@H]4CC[C@@H](C3)N4C[C@@H]3C[C@H]3C#N)n2)cn1. The number of rotatable bonds is 6. The molecule has 2 aromatic heterocycles. The van der Waals surface area contributed by atoms with Crippen molar-refractivity contribution < 1.29 is 0 Å². The van der Waals surface area contributed by atoms with Crippen LogP contribution >= 0.6 is 0 Å². The molecule has 5 rings (SSSR count). The minimum atomic E-state index is 0.299. The standard InChI is InChI=1S/C20H26N8/c1-26-10-14(9-24-26)8-23-20-22-5-4-19(25-20)27-12-17-2-3-18(13-27)28(17)11-16-6-15(16)7-21/h4-5,9-10,15-18H,2-3,6,8,11-13H2,1H3,(H,22,23,25)/t15-,16-,17-,18+/m0/s1. The van der Waals surface area contributed by atoms with Gasteiger partial charge in [-0.2, -0.15) is 15.3 Å². The zero-order valence-electron chi connectivity index (χ0n) is 16.2. The summed E-state index contributed by atoms with van der Waals surface area (Å²) in [6.07, 6.45) is 9.28. The van der Waals surface area contributed by atoms with Gasteiger partial charge in [0.15, 0.2) is 0 Å². The molecule has 0 amide bonds. The first kappa shape index (κ1) is 17.4. The lowest BCUT2D eigenvalue weighted by Crippen LogP contribution is -2.54. The molecule has 4 atom stereocenters. The quantitative estimate of drug-likeness (QED) is 0.818. The number of hydrogen-bond acceptors (Lipinski definition) is 7. The van der Waals surface area contributed by atoms with Crippen LogP contribution < -0.4 is 10.2 Å². The number of nitrogens with one attached hydrogen (secondary N) is 1. The summed E-state index contributed by atoms with van der Waals surface area (Å²) in [7, 11) is 1.91. The molecule has 3 fully saturated rings. The first-order valence-corrected chi connectivity index (χ1v) is 10.1. The summed E-state index contributed by atoms with van der Waals surface area (Å²) in [5.41, 5.74) is 1.11. The predicted octanol–water partition coefficient (Wildman–Crippen LogP) is 1.63. The van der Waals surface area contributed by atoms with Gasteiger partial charge in [0, 0.05) is 63.3 Å². The van der Waals surface area contributed by atoms with Gasteiger partial charge in [0.25, 0.3) is 0 Å². The van der Waals surface area contributed by atoms with Crippen LogP contribution in [0.3, 0.4) is 0 Å². The molecule has 8 heteroatoms. The number of hydrogen-bond donors (Lipinski definition) is 1. The van der Waals surface area contributed by atoms with Gasteiger partial charge >= 0.3 is 0 Å². The lowest BCUT2D eigenvalue weighted by Gasteiger charge is -2.41.